The molecule has 4 heterocycles. The van der Waals surface area contributed by atoms with Gasteiger partial charge >= 0.3 is 0 Å². The van der Waals surface area contributed by atoms with Gasteiger partial charge in [0.1, 0.15) is 0 Å². The summed E-state index contributed by atoms with van der Waals surface area (Å²) in [6, 6.07) is 0.335. The van der Waals surface area contributed by atoms with E-state index in [1.165, 1.54) is 0 Å². The van der Waals surface area contributed by atoms with E-state index in [-0.39, 0.29) is 17.9 Å². The van der Waals surface area contributed by atoms with Gasteiger partial charge in [0.25, 0.3) is 0 Å². The first-order chi connectivity index (χ1) is 10.7. The first-order valence-electron chi connectivity index (χ1n) is 8.08. The lowest BCUT2D eigenvalue weighted by atomic mass is 9.99. The highest BCUT2D eigenvalue weighted by Gasteiger charge is 2.38. The van der Waals surface area contributed by atoms with Gasteiger partial charge in [-0.2, -0.15) is 5.10 Å². The zero-order valence-corrected chi connectivity index (χ0v) is 12.6. The van der Waals surface area contributed by atoms with Gasteiger partial charge in [-0.05, 0) is 19.3 Å². The molecule has 22 heavy (non-hydrogen) atoms. The lowest BCUT2D eigenvalue weighted by Gasteiger charge is -2.44. The molecule has 118 valence electrons. The maximum atomic E-state index is 11.9. The van der Waals surface area contributed by atoms with Gasteiger partial charge in [-0.1, -0.05) is 0 Å². The Morgan fingerprint density at radius 1 is 1.23 bits per heavy atom. The number of hydrogen-bond acceptors (Lipinski definition) is 4. The molecule has 7 heteroatoms. The molecule has 0 spiro atoms. The van der Waals surface area contributed by atoms with Crippen LogP contribution in [0.25, 0.3) is 0 Å². The summed E-state index contributed by atoms with van der Waals surface area (Å²) in [7, 11) is 0. The Bertz CT molecular complexity index is 593. The summed E-state index contributed by atoms with van der Waals surface area (Å²) in [5.74, 6) is 0.349. The summed E-state index contributed by atoms with van der Waals surface area (Å²) >= 11 is 0. The van der Waals surface area contributed by atoms with Crippen LogP contribution < -0.4 is 10.2 Å². The van der Waals surface area contributed by atoms with Crippen LogP contribution in [0.4, 0.5) is 5.69 Å². The molecule has 0 aliphatic carbocycles. The highest BCUT2D eigenvalue weighted by atomic mass is 16.2. The standard InChI is InChI=1S/C15H21N5O2/c21-14-4-2-6-19(14)11-7-17-20(10-11)12-8-18(9-12)13-3-1-5-16-15(13)22/h7,10,12-13H,1-6,8-9H2,(H,16,22). The lowest BCUT2D eigenvalue weighted by Crippen LogP contribution is -2.59. The van der Waals surface area contributed by atoms with Crippen LogP contribution in [0.5, 0.6) is 0 Å². The molecule has 3 aliphatic rings. The number of carbonyl (C=O) groups excluding carboxylic acids is 2. The Morgan fingerprint density at radius 2 is 2.09 bits per heavy atom. The summed E-state index contributed by atoms with van der Waals surface area (Å²) in [6.07, 6.45) is 7.31. The van der Waals surface area contributed by atoms with Gasteiger partial charge in [0.2, 0.25) is 11.8 Å². The number of nitrogens with one attached hydrogen (secondary N) is 1. The van der Waals surface area contributed by atoms with Crippen LogP contribution in [0.2, 0.25) is 0 Å². The number of rotatable bonds is 3. The van der Waals surface area contributed by atoms with Gasteiger partial charge in [0, 0.05) is 38.8 Å². The smallest absolute Gasteiger partial charge is 0.237 e. The van der Waals surface area contributed by atoms with Crippen LogP contribution >= 0.6 is 0 Å². The Hall–Kier alpha value is -1.89. The molecule has 0 bridgehead atoms. The van der Waals surface area contributed by atoms with Crippen molar-refractivity contribution in [2.75, 3.05) is 31.1 Å². The first-order valence-corrected chi connectivity index (χ1v) is 8.08. The highest BCUT2D eigenvalue weighted by molar-refractivity contribution is 5.95. The summed E-state index contributed by atoms with van der Waals surface area (Å²) in [5, 5.41) is 7.35. The lowest BCUT2D eigenvalue weighted by molar-refractivity contribution is -0.131. The van der Waals surface area contributed by atoms with E-state index >= 15 is 0 Å². The van der Waals surface area contributed by atoms with E-state index in [4.69, 9.17) is 0 Å². The van der Waals surface area contributed by atoms with Crippen molar-refractivity contribution in [3.63, 3.8) is 0 Å². The van der Waals surface area contributed by atoms with Gasteiger partial charge in [-0.3, -0.25) is 19.2 Å². The predicted octanol–water partition coefficient (Wildman–Crippen LogP) is 0.145. The van der Waals surface area contributed by atoms with Gasteiger partial charge in [-0.25, -0.2) is 0 Å². The maximum absolute atomic E-state index is 11.9. The van der Waals surface area contributed by atoms with Crippen LogP contribution in [0.1, 0.15) is 31.7 Å². The van der Waals surface area contributed by atoms with Crippen molar-refractivity contribution < 1.29 is 9.59 Å². The average molecular weight is 303 g/mol. The van der Waals surface area contributed by atoms with Crippen molar-refractivity contribution in [1.29, 1.82) is 0 Å². The number of nitrogens with zero attached hydrogens (tertiary/aromatic N) is 4. The number of piperidine rings is 1. The van der Waals surface area contributed by atoms with E-state index in [9.17, 15) is 9.59 Å². The van der Waals surface area contributed by atoms with Crippen molar-refractivity contribution in [2.45, 2.75) is 37.8 Å². The van der Waals surface area contributed by atoms with E-state index in [0.717, 1.165) is 51.1 Å². The molecular formula is C15H21N5O2. The molecule has 2 amide bonds. The zero-order chi connectivity index (χ0) is 15.1. The number of carbonyl (C=O) groups is 2. The number of likely N-dealkylation sites (tertiary alicyclic amines) is 1. The molecule has 3 fully saturated rings. The van der Waals surface area contributed by atoms with Crippen LogP contribution in [0, 0.1) is 0 Å². The summed E-state index contributed by atoms with van der Waals surface area (Å²) in [5.41, 5.74) is 0.899. The molecule has 1 unspecified atom stereocenters. The Labute approximate surface area is 129 Å². The van der Waals surface area contributed by atoms with E-state index in [2.05, 4.69) is 15.3 Å². The minimum atomic E-state index is 0.0280. The highest BCUT2D eigenvalue weighted by Crippen LogP contribution is 2.28. The zero-order valence-electron chi connectivity index (χ0n) is 12.6. The Morgan fingerprint density at radius 3 is 2.82 bits per heavy atom. The monoisotopic (exact) mass is 303 g/mol. The molecule has 1 N–H and O–H groups in total. The van der Waals surface area contributed by atoms with Crippen molar-refractivity contribution >= 4 is 17.5 Å². The first kappa shape index (κ1) is 13.8. The SMILES string of the molecule is O=C1NCCCC1N1CC(n2cc(N3CCCC3=O)cn2)C1. The molecule has 1 aromatic heterocycles. The molecule has 3 saturated heterocycles. The number of amides is 2. The van der Waals surface area contributed by atoms with Gasteiger partial charge in [0.05, 0.1) is 24.0 Å². The second kappa shape index (κ2) is 5.39. The third-order valence-electron chi connectivity index (χ3n) is 4.93. The van der Waals surface area contributed by atoms with Gasteiger partial charge in [0.15, 0.2) is 0 Å². The fourth-order valence-electron chi connectivity index (χ4n) is 3.60. The van der Waals surface area contributed by atoms with Crippen molar-refractivity contribution in [3.8, 4) is 0 Å². The maximum Gasteiger partial charge on any atom is 0.237 e. The van der Waals surface area contributed by atoms with E-state index in [1.54, 1.807) is 6.20 Å². The van der Waals surface area contributed by atoms with Crippen LogP contribution in [-0.4, -0.2) is 58.7 Å². The molecule has 0 saturated carbocycles. The quantitative estimate of drug-likeness (QED) is 0.862. The van der Waals surface area contributed by atoms with E-state index in [0.29, 0.717) is 12.5 Å². The van der Waals surface area contributed by atoms with Crippen LogP contribution in [0.3, 0.4) is 0 Å². The molecule has 4 rings (SSSR count). The molecule has 7 nitrogen and oxygen atoms in total. The minimum Gasteiger partial charge on any atom is -0.355 e. The summed E-state index contributed by atoms with van der Waals surface area (Å²) in [6.45, 7) is 3.31. The fraction of sp³-hybridized carbons (Fsp3) is 0.667. The van der Waals surface area contributed by atoms with E-state index < -0.39 is 0 Å². The van der Waals surface area contributed by atoms with Gasteiger partial charge in [-0.15, -0.1) is 0 Å². The third-order valence-corrected chi connectivity index (χ3v) is 4.93. The predicted molar refractivity (Wildman–Crippen MR) is 80.5 cm³/mol. The number of anilines is 1. The molecule has 1 atom stereocenters. The average Bonchev–Trinajstić information content (AvgIpc) is 3.08. The second-order valence-corrected chi connectivity index (χ2v) is 6.38. The number of hydrogen-bond donors (Lipinski definition) is 1. The minimum absolute atomic E-state index is 0.0280. The summed E-state index contributed by atoms with van der Waals surface area (Å²) < 4.78 is 1.94. The molecular weight excluding hydrogens is 282 g/mol. The fourth-order valence-corrected chi connectivity index (χ4v) is 3.60. The largest absolute Gasteiger partial charge is 0.355 e. The van der Waals surface area contributed by atoms with Crippen molar-refractivity contribution in [2.24, 2.45) is 0 Å². The molecule has 3 aliphatic heterocycles. The van der Waals surface area contributed by atoms with Crippen molar-refractivity contribution in [1.82, 2.24) is 20.0 Å². The van der Waals surface area contributed by atoms with Gasteiger partial charge < -0.3 is 10.2 Å². The Kier molecular flexibility index (Phi) is 3.37. The topological polar surface area (TPSA) is 70.5 Å². The Balaban J connectivity index is 1.38. The molecule has 1 aromatic rings. The second-order valence-electron chi connectivity index (χ2n) is 6.38. The van der Waals surface area contributed by atoms with E-state index in [1.807, 2.05) is 15.8 Å². The third kappa shape index (κ3) is 2.29. The molecule has 0 aromatic carbocycles. The number of aromatic nitrogens is 2. The van der Waals surface area contributed by atoms with Crippen LogP contribution in [-0.2, 0) is 9.59 Å². The molecule has 0 radical (unpaired) electrons. The van der Waals surface area contributed by atoms with Crippen molar-refractivity contribution in [3.05, 3.63) is 12.4 Å². The van der Waals surface area contributed by atoms with Crippen LogP contribution in [0.15, 0.2) is 12.4 Å². The normalized spacial score (nSPS) is 27.1. The summed E-state index contributed by atoms with van der Waals surface area (Å²) in [4.78, 5) is 27.7.